The summed E-state index contributed by atoms with van der Waals surface area (Å²) in [6.45, 7) is 5.57. The van der Waals surface area contributed by atoms with Crippen LogP contribution in [-0.4, -0.2) is 68.0 Å². The van der Waals surface area contributed by atoms with Crippen molar-refractivity contribution in [3.05, 3.63) is 52.8 Å². The smallest absolute Gasteiger partial charge is 0.410 e. The number of carbonyl (C=O) groups excluding carboxylic acids is 1. The fourth-order valence-electron chi connectivity index (χ4n) is 5.45. The second-order valence-corrected chi connectivity index (χ2v) is 10.7. The minimum atomic E-state index is -0.438. The summed E-state index contributed by atoms with van der Waals surface area (Å²) < 4.78 is 20.8. The molecule has 0 N–H and O–H groups in total. The maximum Gasteiger partial charge on any atom is 0.410 e. The van der Waals surface area contributed by atoms with Crippen LogP contribution in [0, 0.1) is 11.2 Å². The molecule has 1 spiro atoms. The van der Waals surface area contributed by atoms with Gasteiger partial charge in [-0.25, -0.2) is 19.2 Å². The number of ether oxygens (including phenoxy) is 1. The van der Waals surface area contributed by atoms with Crippen molar-refractivity contribution in [2.75, 3.05) is 36.0 Å². The molecule has 10 nitrogen and oxygen atoms in total. The van der Waals surface area contributed by atoms with Crippen LogP contribution in [0.4, 0.5) is 21.1 Å². The molecule has 2 aromatic heterocycles. The van der Waals surface area contributed by atoms with Gasteiger partial charge in [0.25, 0.3) is 0 Å². The van der Waals surface area contributed by atoms with E-state index in [2.05, 4.69) is 30.0 Å². The van der Waals surface area contributed by atoms with E-state index in [-0.39, 0.29) is 23.7 Å². The number of anilines is 2. The predicted octanol–water partition coefficient (Wildman–Crippen LogP) is 3.35. The van der Waals surface area contributed by atoms with Crippen molar-refractivity contribution in [3.8, 4) is 5.69 Å². The van der Waals surface area contributed by atoms with Gasteiger partial charge in [-0.05, 0) is 43.5 Å². The van der Waals surface area contributed by atoms with E-state index in [4.69, 9.17) is 16.3 Å². The van der Waals surface area contributed by atoms with Gasteiger partial charge >= 0.3 is 6.09 Å². The van der Waals surface area contributed by atoms with E-state index >= 15 is 0 Å². The van der Waals surface area contributed by atoms with Gasteiger partial charge in [0.15, 0.2) is 11.6 Å². The Morgan fingerprint density at radius 2 is 1.83 bits per heavy atom. The van der Waals surface area contributed by atoms with Crippen LogP contribution in [0.2, 0.25) is 5.02 Å². The van der Waals surface area contributed by atoms with Crippen molar-refractivity contribution in [2.45, 2.75) is 38.5 Å². The summed E-state index contributed by atoms with van der Waals surface area (Å²) in [6, 6.07) is 5.38. The highest BCUT2D eigenvalue weighted by Gasteiger charge is 2.54. The van der Waals surface area contributed by atoms with E-state index in [1.54, 1.807) is 4.90 Å². The molecule has 7 rings (SSSR count). The zero-order valence-corrected chi connectivity index (χ0v) is 20.4. The molecule has 5 heterocycles. The van der Waals surface area contributed by atoms with Crippen LogP contribution >= 0.6 is 11.6 Å². The Morgan fingerprint density at radius 3 is 2.56 bits per heavy atom. The normalized spacial score (nSPS) is 21.9. The Morgan fingerprint density at radius 1 is 1.11 bits per heavy atom. The van der Waals surface area contributed by atoms with Crippen molar-refractivity contribution < 1.29 is 13.9 Å². The highest BCUT2D eigenvalue weighted by molar-refractivity contribution is 6.30. The van der Waals surface area contributed by atoms with Crippen molar-refractivity contribution in [2.24, 2.45) is 5.41 Å². The largest absolute Gasteiger partial charge is 0.446 e. The lowest BCUT2D eigenvalue weighted by Crippen LogP contribution is -2.73. The maximum atomic E-state index is 13.2. The molecular weight excluding hydrogens is 487 g/mol. The van der Waals surface area contributed by atoms with E-state index in [0.717, 1.165) is 56.2 Å². The molecule has 0 radical (unpaired) electrons. The highest BCUT2D eigenvalue weighted by Crippen LogP contribution is 2.44. The molecule has 4 aliphatic rings. The summed E-state index contributed by atoms with van der Waals surface area (Å²) >= 11 is 6.35. The van der Waals surface area contributed by atoms with Crippen LogP contribution in [0.15, 0.2) is 30.6 Å². The molecule has 0 bridgehead atoms. The van der Waals surface area contributed by atoms with Gasteiger partial charge in [0, 0.05) is 36.6 Å². The molecule has 3 fully saturated rings. The molecule has 1 saturated carbocycles. The summed E-state index contributed by atoms with van der Waals surface area (Å²) in [5.74, 6) is 1.55. The molecular formula is C24H24ClFN8O2. The molecule has 1 atom stereocenters. The highest BCUT2D eigenvalue weighted by atomic mass is 35.5. The van der Waals surface area contributed by atoms with Gasteiger partial charge in [-0.2, -0.15) is 0 Å². The van der Waals surface area contributed by atoms with Gasteiger partial charge in [0.05, 0.1) is 30.7 Å². The van der Waals surface area contributed by atoms with E-state index < -0.39 is 5.82 Å². The van der Waals surface area contributed by atoms with Gasteiger partial charge < -0.3 is 14.5 Å². The lowest BCUT2D eigenvalue weighted by Gasteiger charge is -2.60. The fraction of sp³-hybridized carbons (Fsp3) is 0.458. The second-order valence-electron chi connectivity index (χ2n) is 10.3. The second kappa shape index (κ2) is 7.76. The van der Waals surface area contributed by atoms with Crippen molar-refractivity contribution in [1.82, 2.24) is 29.6 Å². The van der Waals surface area contributed by atoms with Gasteiger partial charge in [0.2, 0.25) is 11.9 Å². The Kier molecular flexibility index (Phi) is 4.70. The third kappa shape index (κ3) is 3.47. The van der Waals surface area contributed by atoms with E-state index in [1.807, 2.05) is 29.7 Å². The molecule has 1 aromatic carbocycles. The number of nitrogens with zero attached hydrogens (tertiary/aromatic N) is 8. The van der Waals surface area contributed by atoms with Crippen LogP contribution in [0.5, 0.6) is 0 Å². The molecule has 1 unspecified atom stereocenters. The number of hydrogen-bond donors (Lipinski definition) is 0. The van der Waals surface area contributed by atoms with E-state index in [0.29, 0.717) is 23.3 Å². The Hall–Kier alpha value is -3.47. The number of amides is 1. The van der Waals surface area contributed by atoms with Gasteiger partial charge in [0.1, 0.15) is 6.10 Å². The minimum absolute atomic E-state index is 0.0137. The molecule has 186 valence electrons. The van der Waals surface area contributed by atoms with Crippen molar-refractivity contribution in [1.29, 1.82) is 0 Å². The lowest BCUT2D eigenvalue weighted by molar-refractivity contribution is 0.0788. The quantitative estimate of drug-likeness (QED) is 0.529. The van der Waals surface area contributed by atoms with Crippen LogP contribution in [0.1, 0.15) is 37.2 Å². The van der Waals surface area contributed by atoms with E-state index in [1.165, 1.54) is 12.4 Å². The SMILES string of the molecule is CC1c2nnc(N3CC4(CN(c5ncc(F)cn5)C4)C3)n2-c2ccc(Cl)cc2CN1C(=O)OC1CC1. The monoisotopic (exact) mass is 510 g/mol. The zero-order valence-electron chi connectivity index (χ0n) is 19.6. The summed E-state index contributed by atoms with van der Waals surface area (Å²) in [5, 5.41) is 9.70. The van der Waals surface area contributed by atoms with Crippen molar-refractivity contribution >= 4 is 29.6 Å². The maximum absolute atomic E-state index is 13.2. The zero-order chi connectivity index (χ0) is 24.6. The first kappa shape index (κ1) is 21.8. The van der Waals surface area contributed by atoms with Crippen LogP contribution in [-0.2, 0) is 11.3 Å². The van der Waals surface area contributed by atoms with E-state index in [9.17, 15) is 9.18 Å². The minimum Gasteiger partial charge on any atom is -0.446 e. The summed E-state index contributed by atoms with van der Waals surface area (Å²) in [5.41, 5.74) is 1.95. The predicted molar refractivity (Wildman–Crippen MR) is 129 cm³/mol. The van der Waals surface area contributed by atoms with Gasteiger partial charge in [-0.3, -0.25) is 9.47 Å². The molecule has 1 amide bonds. The Labute approximate surface area is 211 Å². The van der Waals surface area contributed by atoms with Crippen LogP contribution < -0.4 is 9.80 Å². The number of benzene rings is 1. The lowest BCUT2D eigenvalue weighted by atomic mass is 9.73. The van der Waals surface area contributed by atoms with Crippen LogP contribution in [0.3, 0.4) is 0 Å². The standard InChI is InChI=1S/C24H24ClFN8O2/c1-14-20-29-30-22(32-12-24(13-32)10-31(11-24)21-27-7-17(26)8-28-21)34(20)19-5-2-16(25)6-15(19)9-33(14)23(35)36-18-3-4-18/h2,5-8,14,18H,3-4,9-13H2,1H3. The number of fused-ring (bicyclic) bond motifs is 3. The number of rotatable bonds is 3. The fourth-order valence-corrected chi connectivity index (χ4v) is 5.64. The summed E-state index contributed by atoms with van der Waals surface area (Å²) in [7, 11) is 0. The molecule has 36 heavy (non-hydrogen) atoms. The van der Waals surface area contributed by atoms with Crippen LogP contribution in [0.25, 0.3) is 5.69 Å². The Bertz CT molecular complexity index is 1350. The first-order valence-electron chi connectivity index (χ1n) is 12.1. The number of hydrogen-bond acceptors (Lipinski definition) is 8. The number of aromatic nitrogens is 5. The first-order valence-corrected chi connectivity index (χ1v) is 12.5. The van der Waals surface area contributed by atoms with Crippen molar-refractivity contribution in [3.63, 3.8) is 0 Å². The van der Waals surface area contributed by atoms with Gasteiger partial charge in [-0.1, -0.05) is 11.6 Å². The molecule has 1 aliphatic carbocycles. The average Bonchev–Trinajstić information content (AvgIpc) is 3.54. The number of halogens is 2. The molecule has 12 heteroatoms. The Balaban J connectivity index is 1.15. The van der Waals surface area contributed by atoms with Gasteiger partial charge in [-0.15, -0.1) is 10.2 Å². The number of carbonyl (C=O) groups is 1. The molecule has 3 aliphatic heterocycles. The topological polar surface area (TPSA) is 92.5 Å². The summed E-state index contributed by atoms with van der Waals surface area (Å²) in [6.07, 6.45) is 3.89. The third-order valence-corrected chi connectivity index (χ3v) is 7.67. The first-order chi connectivity index (χ1) is 17.4. The third-order valence-electron chi connectivity index (χ3n) is 7.44. The average molecular weight is 511 g/mol. The summed E-state index contributed by atoms with van der Waals surface area (Å²) in [4.78, 5) is 27.1. The molecule has 2 saturated heterocycles. The molecule has 3 aromatic rings.